The van der Waals surface area contributed by atoms with Gasteiger partial charge in [-0.05, 0) is 35.2 Å². The Balaban J connectivity index is 2.02. The molecule has 1 aromatic heterocycles. The quantitative estimate of drug-likeness (QED) is 0.771. The van der Waals surface area contributed by atoms with Crippen molar-refractivity contribution >= 4 is 26.8 Å². The van der Waals surface area contributed by atoms with Crippen molar-refractivity contribution in [3.05, 3.63) is 53.9 Å². The highest BCUT2D eigenvalue weighted by molar-refractivity contribution is 7.92. The van der Waals surface area contributed by atoms with Crippen LogP contribution in [0.25, 0.3) is 11.1 Å². The summed E-state index contributed by atoms with van der Waals surface area (Å²) in [7, 11) is -3.71. The summed E-state index contributed by atoms with van der Waals surface area (Å²) in [5, 5.41) is 0. The van der Waals surface area contributed by atoms with Crippen LogP contribution in [0.3, 0.4) is 0 Å². The van der Waals surface area contributed by atoms with Crippen LogP contribution in [-0.2, 0) is 15.4 Å². The standard InChI is InChI=1S/C18H20N2O3S/c1-12-19-16-11-13(9-10-17(16)23-12)24(21,22)20-15-8-6-5-7-14(15)18(2,3)4/h5-11,20H,1-4H3. The third-order valence-electron chi connectivity index (χ3n) is 3.76. The number of nitrogens with one attached hydrogen (secondary N) is 1. The van der Waals surface area contributed by atoms with Crippen molar-refractivity contribution < 1.29 is 12.8 Å². The molecule has 2 aromatic carbocycles. The molecule has 0 unspecified atom stereocenters. The number of anilines is 1. The normalized spacial score (nSPS) is 12.5. The first-order chi connectivity index (χ1) is 11.2. The lowest BCUT2D eigenvalue weighted by atomic mass is 9.86. The van der Waals surface area contributed by atoms with Gasteiger partial charge in [-0.15, -0.1) is 0 Å². The first kappa shape index (κ1) is 16.5. The van der Waals surface area contributed by atoms with E-state index in [1.165, 1.54) is 12.1 Å². The Morgan fingerprint density at radius 1 is 1.08 bits per heavy atom. The lowest BCUT2D eigenvalue weighted by Crippen LogP contribution is -2.19. The van der Waals surface area contributed by atoms with Crippen LogP contribution in [0.2, 0.25) is 0 Å². The average molecular weight is 344 g/mol. The van der Waals surface area contributed by atoms with E-state index >= 15 is 0 Å². The number of hydrogen-bond donors (Lipinski definition) is 1. The van der Waals surface area contributed by atoms with Gasteiger partial charge in [0.25, 0.3) is 10.0 Å². The Morgan fingerprint density at radius 3 is 2.50 bits per heavy atom. The van der Waals surface area contributed by atoms with Crippen LogP contribution >= 0.6 is 0 Å². The predicted octanol–water partition coefficient (Wildman–Crippen LogP) is 4.23. The second kappa shape index (κ2) is 5.63. The van der Waals surface area contributed by atoms with E-state index in [-0.39, 0.29) is 10.3 Å². The Morgan fingerprint density at radius 2 is 1.79 bits per heavy atom. The minimum absolute atomic E-state index is 0.159. The molecule has 0 atom stereocenters. The third kappa shape index (κ3) is 3.14. The Hall–Kier alpha value is -2.34. The summed E-state index contributed by atoms with van der Waals surface area (Å²) in [5.74, 6) is 0.505. The molecule has 0 aliphatic heterocycles. The van der Waals surface area contributed by atoms with E-state index in [1.807, 2.05) is 39.0 Å². The van der Waals surface area contributed by atoms with Gasteiger partial charge in [0, 0.05) is 6.92 Å². The Labute approximate surface area is 141 Å². The van der Waals surface area contributed by atoms with E-state index in [1.54, 1.807) is 19.1 Å². The fourth-order valence-corrected chi connectivity index (χ4v) is 3.72. The van der Waals surface area contributed by atoms with Gasteiger partial charge in [0.05, 0.1) is 10.6 Å². The highest BCUT2D eigenvalue weighted by Gasteiger charge is 2.22. The molecule has 0 aliphatic carbocycles. The molecule has 0 spiro atoms. The van der Waals surface area contributed by atoms with Crippen LogP contribution in [-0.4, -0.2) is 13.4 Å². The molecular formula is C18H20N2O3S. The summed E-state index contributed by atoms with van der Waals surface area (Å²) in [5.41, 5.74) is 2.45. The highest BCUT2D eigenvalue weighted by atomic mass is 32.2. The monoisotopic (exact) mass is 344 g/mol. The summed E-state index contributed by atoms with van der Waals surface area (Å²) in [6.07, 6.45) is 0. The van der Waals surface area contributed by atoms with E-state index < -0.39 is 10.0 Å². The maximum absolute atomic E-state index is 12.8. The molecule has 6 heteroatoms. The smallest absolute Gasteiger partial charge is 0.261 e. The molecule has 0 bridgehead atoms. The molecular weight excluding hydrogens is 324 g/mol. The Kier molecular flexibility index (Phi) is 3.87. The maximum atomic E-state index is 12.8. The first-order valence-electron chi connectivity index (χ1n) is 7.66. The van der Waals surface area contributed by atoms with E-state index in [0.717, 1.165) is 5.56 Å². The van der Waals surface area contributed by atoms with E-state index in [0.29, 0.717) is 22.7 Å². The van der Waals surface area contributed by atoms with Crippen molar-refractivity contribution in [1.82, 2.24) is 4.98 Å². The van der Waals surface area contributed by atoms with Crippen molar-refractivity contribution in [2.75, 3.05) is 4.72 Å². The molecule has 0 saturated heterocycles. The molecule has 1 N–H and O–H groups in total. The van der Waals surface area contributed by atoms with Crippen molar-refractivity contribution in [2.45, 2.75) is 38.0 Å². The molecule has 3 rings (SSSR count). The van der Waals surface area contributed by atoms with Gasteiger partial charge in [0.1, 0.15) is 5.52 Å². The molecule has 0 radical (unpaired) electrons. The van der Waals surface area contributed by atoms with Gasteiger partial charge in [-0.2, -0.15) is 0 Å². The van der Waals surface area contributed by atoms with Crippen LogP contribution < -0.4 is 4.72 Å². The second-order valence-electron chi connectivity index (χ2n) is 6.76. The number of rotatable bonds is 3. The maximum Gasteiger partial charge on any atom is 0.261 e. The molecule has 24 heavy (non-hydrogen) atoms. The van der Waals surface area contributed by atoms with Gasteiger partial charge in [-0.3, -0.25) is 4.72 Å². The summed E-state index contributed by atoms with van der Waals surface area (Å²) in [4.78, 5) is 4.35. The van der Waals surface area contributed by atoms with Crippen LogP contribution in [0.4, 0.5) is 5.69 Å². The number of fused-ring (bicyclic) bond motifs is 1. The van der Waals surface area contributed by atoms with E-state index in [2.05, 4.69) is 9.71 Å². The van der Waals surface area contributed by atoms with Gasteiger partial charge in [0.2, 0.25) is 0 Å². The lowest BCUT2D eigenvalue weighted by Gasteiger charge is -2.23. The third-order valence-corrected chi connectivity index (χ3v) is 5.12. The summed E-state index contributed by atoms with van der Waals surface area (Å²) < 4.78 is 33.6. The number of nitrogens with zero attached hydrogens (tertiary/aromatic N) is 1. The zero-order valence-corrected chi connectivity index (χ0v) is 14.9. The van der Waals surface area contributed by atoms with Gasteiger partial charge in [0.15, 0.2) is 11.5 Å². The topological polar surface area (TPSA) is 72.2 Å². The van der Waals surface area contributed by atoms with Gasteiger partial charge in [-0.25, -0.2) is 13.4 Å². The van der Waals surface area contributed by atoms with Gasteiger partial charge < -0.3 is 4.42 Å². The molecule has 126 valence electrons. The molecule has 5 nitrogen and oxygen atoms in total. The second-order valence-corrected chi connectivity index (χ2v) is 8.45. The van der Waals surface area contributed by atoms with E-state index in [9.17, 15) is 8.42 Å². The number of oxazole rings is 1. The number of hydrogen-bond acceptors (Lipinski definition) is 4. The van der Waals surface area contributed by atoms with Crippen molar-refractivity contribution in [3.8, 4) is 0 Å². The molecule has 3 aromatic rings. The molecule has 0 fully saturated rings. The SMILES string of the molecule is Cc1nc2cc(S(=O)(=O)Nc3ccccc3C(C)(C)C)ccc2o1. The van der Waals surface area contributed by atoms with Crippen molar-refractivity contribution in [3.63, 3.8) is 0 Å². The molecule has 0 saturated carbocycles. The largest absolute Gasteiger partial charge is 0.441 e. The lowest BCUT2D eigenvalue weighted by molar-refractivity contribution is 0.561. The first-order valence-corrected chi connectivity index (χ1v) is 9.15. The predicted molar refractivity (Wildman–Crippen MR) is 94.7 cm³/mol. The van der Waals surface area contributed by atoms with Gasteiger partial charge >= 0.3 is 0 Å². The van der Waals surface area contributed by atoms with Crippen molar-refractivity contribution in [2.24, 2.45) is 0 Å². The van der Waals surface area contributed by atoms with Crippen LogP contribution in [0.15, 0.2) is 51.8 Å². The molecule has 1 heterocycles. The summed E-state index contributed by atoms with van der Waals surface area (Å²) in [6, 6.07) is 12.1. The minimum Gasteiger partial charge on any atom is -0.441 e. The summed E-state index contributed by atoms with van der Waals surface area (Å²) in [6.45, 7) is 7.87. The van der Waals surface area contributed by atoms with Crippen LogP contribution in [0.5, 0.6) is 0 Å². The number of aromatic nitrogens is 1. The zero-order chi connectivity index (χ0) is 17.5. The van der Waals surface area contributed by atoms with Gasteiger partial charge in [-0.1, -0.05) is 39.0 Å². The minimum atomic E-state index is -3.71. The fraction of sp³-hybridized carbons (Fsp3) is 0.278. The molecule has 0 amide bonds. The average Bonchev–Trinajstić information content (AvgIpc) is 2.85. The van der Waals surface area contributed by atoms with Crippen molar-refractivity contribution in [1.29, 1.82) is 0 Å². The number of benzene rings is 2. The zero-order valence-electron chi connectivity index (χ0n) is 14.1. The number of para-hydroxylation sites is 1. The number of aryl methyl sites for hydroxylation is 1. The van der Waals surface area contributed by atoms with E-state index in [4.69, 9.17) is 4.42 Å². The molecule has 0 aliphatic rings. The summed E-state index contributed by atoms with van der Waals surface area (Å²) >= 11 is 0. The Bertz CT molecular complexity index is 999. The van der Waals surface area contributed by atoms with Crippen LogP contribution in [0.1, 0.15) is 32.2 Å². The number of sulfonamides is 1. The fourth-order valence-electron chi connectivity index (χ4n) is 2.62. The highest BCUT2D eigenvalue weighted by Crippen LogP contribution is 2.31. The van der Waals surface area contributed by atoms with Crippen LogP contribution in [0, 0.1) is 6.92 Å².